The number of aryl methyl sites for hydroxylation is 2. The van der Waals surface area contributed by atoms with Crippen molar-refractivity contribution in [1.82, 2.24) is 4.98 Å². The van der Waals surface area contributed by atoms with Gasteiger partial charge in [0.25, 0.3) is 0 Å². The predicted octanol–water partition coefficient (Wildman–Crippen LogP) is 6.40. The first-order valence-corrected chi connectivity index (χ1v) is 8.16. The van der Waals surface area contributed by atoms with Gasteiger partial charge in [-0.25, -0.2) is 4.98 Å². The fraction of sp³-hybridized carbons (Fsp3) is 0.118. The van der Waals surface area contributed by atoms with Gasteiger partial charge in [0.1, 0.15) is 0 Å². The quantitative estimate of drug-likeness (QED) is 0.528. The Balaban J connectivity index is 2.17. The summed E-state index contributed by atoms with van der Waals surface area (Å²) in [7, 11) is 0. The van der Waals surface area contributed by atoms with Gasteiger partial charge in [-0.15, -0.1) is 11.3 Å². The van der Waals surface area contributed by atoms with Crippen LogP contribution in [0.1, 0.15) is 11.1 Å². The number of hydrogen-bond donors (Lipinski definition) is 0. The summed E-state index contributed by atoms with van der Waals surface area (Å²) in [5.74, 6) is 0. The topological polar surface area (TPSA) is 12.9 Å². The lowest BCUT2D eigenvalue weighted by Gasteiger charge is -2.09. The second-order valence-corrected chi connectivity index (χ2v) is 6.68. The summed E-state index contributed by atoms with van der Waals surface area (Å²) < 4.78 is 0. The van der Waals surface area contributed by atoms with Gasteiger partial charge in [-0.3, -0.25) is 0 Å². The Morgan fingerprint density at radius 2 is 1.43 bits per heavy atom. The SMILES string of the molecule is Cc1cc(Cl)ccc1-c1ncsc1-c1ccc(Cl)cc1C. The Labute approximate surface area is 138 Å². The summed E-state index contributed by atoms with van der Waals surface area (Å²) in [6, 6.07) is 11.9. The number of benzene rings is 2. The third kappa shape index (κ3) is 2.84. The van der Waals surface area contributed by atoms with Crippen LogP contribution in [0, 0.1) is 13.8 Å². The van der Waals surface area contributed by atoms with Crippen LogP contribution in [0.25, 0.3) is 21.7 Å². The molecule has 1 heterocycles. The van der Waals surface area contributed by atoms with E-state index in [-0.39, 0.29) is 0 Å². The zero-order valence-electron chi connectivity index (χ0n) is 11.7. The second kappa shape index (κ2) is 5.80. The van der Waals surface area contributed by atoms with E-state index in [2.05, 4.69) is 24.9 Å². The first kappa shape index (κ1) is 14.6. The molecule has 4 heteroatoms. The number of hydrogen-bond acceptors (Lipinski definition) is 2. The van der Waals surface area contributed by atoms with Crippen molar-refractivity contribution in [1.29, 1.82) is 0 Å². The number of rotatable bonds is 2. The molecule has 0 saturated heterocycles. The molecule has 0 aliphatic heterocycles. The maximum Gasteiger partial charge on any atom is 0.0893 e. The monoisotopic (exact) mass is 333 g/mol. The van der Waals surface area contributed by atoms with Gasteiger partial charge >= 0.3 is 0 Å². The zero-order chi connectivity index (χ0) is 15.0. The third-order valence-corrected chi connectivity index (χ3v) is 4.77. The van der Waals surface area contributed by atoms with Crippen molar-refractivity contribution in [2.75, 3.05) is 0 Å². The molecule has 1 nitrogen and oxygen atoms in total. The van der Waals surface area contributed by atoms with Crippen LogP contribution >= 0.6 is 34.5 Å². The molecule has 0 amide bonds. The van der Waals surface area contributed by atoms with Gasteiger partial charge < -0.3 is 0 Å². The van der Waals surface area contributed by atoms with Crippen molar-refractivity contribution in [2.45, 2.75) is 13.8 Å². The highest BCUT2D eigenvalue weighted by atomic mass is 35.5. The molecule has 106 valence electrons. The Kier molecular flexibility index (Phi) is 4.03. The first-order valence-electron chi connectivity index (χ1n) is 6.53. The van der Waals surface area contributed by atoms with Crippen LogP contribution in [0.3, 0.4) is 0 Å². The van der Waals surface area contributed by atoms with E-state index < -0.39 is 0 Å². The van der Waals surface area contributed by atoms with Crippen LogP contribution in [0.4, 0.5) is 0 Å². The molecular weight excluding hydrogens is 321 g/mol. The molecule has 0 bridgehead atoms. The van der Waals surface area contributed by atoms with E-state index >= 15 is 0 Å². The van der Waals surface area contributed by atoms with Crippen molar-refractivity contribution in [3.8, 4) is 21.7 Å². The first-order chi connectivity index (χ1) is 10.1. The lowest BCUT2D eigenvalue weighted by atomic mass is 10.0. The van der Waals surface area contributed by atoms with E-state index in [0.717, 1.165) is 37.3 Å². The van der Waals surface area contributed by atoms with Gasteiger partial charge in [0, 0.05) is 15.6 Å². The molecule has 2 aromatic carbocycles. The summed E-state index contributed by atoms with van der Waals surface area (Å²) >= 11 is 13.7. The van der Waals surface area contributed by atoms with Gasteiger partial charge in [-0.05, 0) is 54.8 Å². The number of thiazole rings is 1. The molecule has 0 spiro atoms. The Hall–Kier alpha value is -1.35. The van der Waals surface area contributed by atoms with Crippen molar-refractivity contribution < 1.29 is 0 Å². The molecule has 3 rings (SSSR count). The summed E-state index contributed by atoms with van der Waals surface area (Å²) in [6.45, 7) is 4.12. The predicted molar refractivity (Wildman–Crippen MR) is 92.5 cm³/mol. The van der Waals surface area contributed by atoms with Crippen molar-refractivity contribution in [3.05, 3.63) is 63.1 Å². The molecule has 0 N–H and O–H groups in total. The number of nitrogens with zero attached hydrogens (tertiary/aromatic N) is 1. The average Bonchev–Trinajstić information content (AvgIpc) is 2.87. The van der Waals surface area contributed by atoms with Crippen LogP contribution in [0.5, 0.6) is 0 Å². The lowest BCUT2D eigenvalue weighted by Crippen LogP contribution is -1.88. The maximum atomic E-state index is 6.05. The van der Waals surface area contributed by atoms with Crippen molar-refractivity contribution in [3.63, 3.8) is 0 Å². The fourth-order valence-electron chi connectivity index (χ4n) is 2.40. The van der Waals surface area contributed by atoms with Crippen LogP contribution in [0.2, 0.25) is 10.0 Å². The summed E-state index contributed by atoms with van der Waals surface area (Å²) in [6.07, 6.45) is 0. The highest BCUT2D eigenvalue weighted by Crippen LogP contribution is 2.38. The van der Waals surface area contributed by atoms with Gasteiger partial charge in [0.2, 0.25) is 0 Å². The van der Waals surface area contributed by atoms with Crippen LogP contribution in [-0.2, 0) is 0 Å². The van der Waals surface area contributed by atoms with E-state index in [0.29, 0.717) is 0 Å². The Morgan fingerprint density at radius 1 is 0.857 bits per heavy atom. The van der Waals surface area contributed by atoms with Gasteiger partial charge in [0.15, 0.2) is 0 Å². The minimum atomic E-state index is 0.746. The molecule has 0 aliphatic carbocycles. The largest absolute Gasteiger partial charge is 0.244 e. The molecule has 0 fully saturated rings. The minimum Gasteiger partial charge on any atom is -0.244 e. The summed E-state index contributed by atoms with van der Waals surface area (Å²) in [5.41, 5.74) is 7.45. The molecule has 1 aromatic heterocycles. The summed E-state index contributed by atoms with van der Waals surface area (Å²) in [4.78, 5) is 5.72. The zero-order valence-corrected chi connectivity index (χ0v) is 14.0. The molecule has 0 atom stereocenters. The van der Waals surface area contributed by atoms with E-state index in [1.165, 1.54) is 5.56 Å². The molecule has 3 aromatic rings. The standard InChI is InChI=1S/C17H13Cl2NS/c1-10-7-12(18)3-5-14(10)16-17(21-9-20-16)15-6-4-13(19)8-11(15)2/h3-9H,1-2H3. The van der Waals surface area contributed by atoms with Crippen LogP contribution in [-0.4, -0.2) is 4.98 Å². The van der Waals surface area contributed by atoms with Gasteiger partial charge in [-0.2, -0.15) is 0 Å². The second-order valence-electron chi connectivity index (χ2n) is 4.95. The van der Waals surface area contributed by atoms with Crippen LogP contribution in [0.15, 0.2) is 41.9 Å². The molecule has 0 radical (unpaired) electrons. The molecular formula is C17H13Cl2NS. The van der Waals surface area contributed by atoms with E-state index in [9.17, 15) is 0 Å². The van der Waals surface area contributed by atoms with Crippen molar-refractivity contribution >= 4 is 34.5 Å². The highest BCUT2D eigenvalue weighted by Gasteiger charge is 2.14. The Bertz CT molecular complexity index is 742. The summed E-state index contributed by atoms with van der Waals surface area (Å²) in [5, 5.41) is 1.50. The van der Waals surface area contributed by atoms with Crippen molar-refractivity contribution in [2.24, 2.45) is 0 Å². The van der Waals surface area contributed by atoms with E-state index in [1.807, 2.05) is 35.8 Å². The van der Waals surface area contributed by atoms with E-state index in [4.69, 9.17) is 23.2 Å². The average molecular weight is 334 g/mol. The Morgan fingerprint density at radius 3 is 2.00 bits per heavy atom. The highest BCUT2D eigenvalue weighted by molar-refractivity contribution is 7.13. The minimum absolute atomic E-state index is 0.746. The normalized spacial score (nSPS) is 10.9. The fourth-order valence-corrected chi connectivity index (χ4v) is 3.75. The number of halogens is 2. The van der Waals surface area contributed by atoms with Gasteiger partial charge in [0.05, 0.1) is 16.1 Å². The van der Waals surface area contributed by atoms with E-state index in [1.54, 1.807) is 11.3 Å². The lowest BCUT2D eigenvalue weighted by molar-refractivity contribution is 1.36. The molecule has 21 heavy (non-hydrogen) atoms. The smallest absolute Gasteiger partial charge is 0.0893 e. The maximum absolute atomic E-state index is 6.05. The third-order valence-electron chi connectivity index (χ3n) is 3.44. The van der Waals surface area contributed by atoms with Gasteiger partial charge in [-0.1, -0.05) is 35.3 Å². The van der Waals surface area contributed by atoms with Crippen LogP contribution < -0.4 is 0 Å². The molecule has 0 saturated carbocycles. The molecule has 0 unspecified atom stereocenters. The number of aromatic nitrogens is 1. The molecule has 0 aliphatic rings.